The molecule has 1 atom stereocenters. The van der Waals surface area contributed by atoms with Gasteiger partial charge in [0.2, 0.25) is 0 Å². The maximum absolute atomic E-state index is 13.1. The van der Waals surface area contributed by atoms with E-state index in [0.29, 0.717) is 35.7 Å². The summed E-state index contributed by atoms with van der Waals surface area (Å²) in [5.74, 6) is -0.514. The Bertz CT molecular complexity index is 1010. The van der Waals surface area contributed by atoms with Gasteiger partial charge in [-0.15, -0.1) is 0 Å². The van der Waals surface area contributed by atoms with Crippen LogP contribution in [0.2, 0.25) is 0 Å². The lowest BCUT2D eigenvalue weighted by Crippen LogP contribution is -2.35. The Kier molecular flexibility index (Phi) is 6.65. The van der Waals surface area contributed by atoms with Crippen LogP contribution in [-0.4, -0.2) is 68.0 Å². The largest absolute Gasteiger partial charge is 0.507 e. The second kappa shape index (κ2) is 9.22. The van der Waals surface area contributed by atoms with Crippen molar-refractivity contribution in [2.45, 2.75) is 13.0 Å². The number of carbonyl (C=O) groups excluding carboxylic acids is 2. The van der Waals surface area contributed by atoms with Crippen LogP contribution in [0, 0.1) is 6.92 Å². The molecule has 2 aromatic rings. The third-order valence-corrected chi connectivity index (χ3v) is 5.38. The summed E-state index contributed by atoms with van der Waals surface area (Å²) in [7, 11) is 6.85. The number of methoxy groups -OCH3 is 2. The Balaban J connectivity index is 2.23. The van der Waals surface area contributed by atoms with E-state index >= 15 is 0 Å². The Labute approximate surface area is 182 Å². The first-order valence-electron chi connectivity index (χ1n) is 10.0. The smallest absolute Gasteiger partial charge is 0.295 e. The van der Waals surface area contributed by atoms with Crippen molar-refractivity contribution in [3.8, 4) is 11.5 Å². The fourth-order valence-electron chi connectivity index (χ4n) is 3.66. The summed E-state index contributed by atoms with van der Waals surface area (Å²) in [6, 6.07) is 11.6. The number of nitrogens with zero attached hydrogens (tertiary/aromatic N) is 2. The van der Waals surface area contributed by atoms with Gasteiger partial charge in [0.15, 0.2) is 0 Å². The molecule has 2 aromatic carbocycles. The maximum atomic E-state index is 13.1. The molecular weight excluding hydrogens is 396 g/mol. The van der Waals surface area contributed by atoms with Crippen molar-refractivity contribution < 1.29 is 24.2 Å². The summed E-state index contributed by atoms with van der Waals surface area (Å²) in [4.78, 5) is 29.5. The topological polar surface area (TPSA) is 79.3 Å². The third-order valence-electron chi connectivity index (χ3n) is 5.38. The van der Waals surface area contributed by atoms with E-state index in [1.54, 1.807) is 37.4 Å². The second-order valence-electron chi connectivity index (χ2n) is 7.77. The quantitative estimate of drug-likeness (QED) is 0.418. The zero-order valence-corrected chi connectivity index (χ0v) is 18.5. The first-order chi connectivity index (χ1) is 14.8. The van der Waals surface area contributed by atoms with E-state index in [1.165, 1.54) is 12.0 Å². The minimum absolute atomic E-state index is 0.0409. The molecule has 1 aliphatic rings. The van der Waals surface area contributed by atoms with Gasteiger partial charge in [0, 0.05) is 24.2 Å². The molecule has 3 rings (SSSR count). The summed E-state index contributed by atoms with van der Waals surface area (Å²) in [5.41, 5.74) is 2.12. The van der Waals surface area contributed by atoms with Gasteiger partial charge in [-0.2, -0.15) is 0 Å². The summed E-state index contributed by atoms with van der Waals surface area (Å²) in [6.45, 7) is 2.80. The van der Waals surface area contributed by atoms with Crippen LogP contribution < -0.4 is 9.47 Å². The number of Topliss-reactive ketones (excluding diaryl/α,β-unsaturated/α-hetero) is 1. The Hall–Kier alpha value is -3.32. The van der Waals surface area contributed by atoms with Crippen LogP contribution in [-0.2, 0) is 9.59 Å². The highest BCUT2D eigenvalue weighted by Gasteiger charge is 2.47. The average molecular weight is 424 g/mol. The maximum Gasteiger partial charge on any atom is 0.295 e. The zero-order valence-electron chi connectivity index (χ0n) is 18.5. The highest BCUT2D eigenvalue weighted by Crippen LogP contribution is 2.43. The molecule has 7 heteroatoms. The summed E-state index contributed by atoms with van der Waals surface area (Å²) in [6.07, 6.45) is 0. The van der Waals surface area contributed by atoms with Crippen LogP contribution in [0.15, 0.2) is 48.0 Å². The SMILES string of the molecule is COc1ccc(OC)c(C2/C(=C(/O)c3ccc(C)cc3)C(=O)C(=O)N2CCN(C)C)c1. The molecule has 1 heterocycles. The van der Waals surface area contributed by atoms with Crippen molar-refractivity contribution in [2.75, 3.05) is 41.4 Å². The molecule has 0 aromatic heterocycles. The minimum Gasteiger partial charge on any atom is -0.507 e. The molecule has 1 unspecified atom stereocenters. The number of carbonyl (C=O) groups is 2. The van der Waals surface area contributed by atoms with E-state index in [-0.39, 0.29) is 11.3 Å². The van der Waals surface area contributed by atoms with Crippen LogP contribution in [0.1, 0.15) is 22.7 Å². The van der Waals surface area contributed by atoms with E-state index < -0.39 is 17.7 Å². The molecule has 7 nitrogen and oxygen atoms in total. The van der Waals surface area contributed by atoms with Gasteiger partial charge in [-0.1, -0.05) is 29.8 Å². The second-order valence-corrected chi connectivity index (χ2v) is 7.77. The fourth-order valence-corrected chi connectivity index (χ4v) is 3.66. The standard InChI is InChI=1S/C24H28N2O5/c1-15-6-8-16(9-7-15)22(27)20-21(18-14-17(30-4)10-11-19(18)31-5)26(13-12-25(2)3)24(29)23(20)28/h6-11,14,21,27H,12-13H2,1-5H3/b22-20-. The molecule has 0 aliphatic carbocycles. The number of likely N-dealkylation sites (tertiary alicyclic amines) is 1. The Morgan fingerprint density at radius 2 is 1.74 bits per heavy atom. The van der Waals surface area contributed by atoms with Gasteiger partial charge in [-0.05, 0) is 39.2 Å². The lowest BCUT2D eigenvalue weighted by molar-refractivity contribution is -0.140. The summed E-state index contributed by atoms with van der Waals surface area (Å²) < 4.78 is 10.9. The molecule has 1 amide bonds. The normalized spacial score (nSPS) is 18.0. The van der Waals surface area contributed by atoms with Crippen molar-refractivity contribution in [1.82, 2.24) is 9.80 Å². The first kappa shape index (κ1) is 22.4. The number of ketones is 1. The fraction of sp³-hybridized carbons (Fsp3) is 0.333. The van der Waals surface area contributed by atoms with Crippen molar-refractivity contribution in [3.05, 3.63) is 64.7 Å². The van der Waals surface area contributed by atoms with Crippen LogP contribution in [0.4, 0.5) is 0 Å². The molecule has 1 fully saturated rings. The Morgan fingerprint density at radius 1 is 1.06 bits per heavy atom. The molecule has 0 radical (unpaired) electrons. The summed E-state index contributed by atoms with van der Waals surface area (Å²) >= 11 is 0. The minimum atomic E-state index is -0.800. The third kappa shape index (κ3) is 4.41. The van der Waals surface area contributed by atoms with Crippen LogP contribution in [0.5, 0.6) is 11.5 Å². The summed E-state index contributed by atoms with van der Waals surface area (Å²) in [5, 5.41) is 11.1. The molecule has 1 aliphatic heterocycles. The van der Waals surface area contributed by atoms with E-state index in [9.17, 15) is 14.7 Å². The molecule has 0 bridgehead atoms. The number of benzene rings is 2. The van der Waals surface area contributed by atoms with Gasteiger partial charge >= 0.3 is 0 Å². The number of rotatable bonds is 7. The highest BCUT2D eigenvalue weighted by atomic mass is 16.5. The van der Waals surface area contributed by atoms with E-state index in [4.69, 9.17) is 9.47 Å². The molecule has 1 N–H and O–H groups in total. The monoisotopic (exact) mass is 424 g/mol. The first-order valence-corrected chi connectivity index (χ1v) is 10.0. The van der Waals surface area contributed by atoms with E-state index in [2.05, 4.69) is 0 Å². The molecule has 0 saturated carbocycles. The number of ether oxygens (including phenoxy) is 2. The van der Waals surface area contributed by atoms with Crippen molar-refractivity contribution in [1.29, 1.82) is 0 Å². The van der Waals surface area contributed by atoms with Crippen LogP contribution in [0.25, 0.3) is 5.76 Å². The zero-order chi connectivity index (χ0) is 22.7. The van der Waals surface area contributed by atoms with Crippen molar-refractivity contribution >= 4 is 17.4 Å². The highest BCUT2D eigenvalue weighted by molar-refractivity contribution is 6.46. The predicted molar refractivity (Wildman–Crippen MR) is 118 cm³/mol. The van der Waals surface area contributed by atoms with Gasteiger partial charge in [0.25, 0.3) is 11.7 Å². The van der Waals surface area contributed by atoms with Gasteiger partial charge < -0.3 is 24.4 Å². The number of aliphatic hydroxyl groups is 1. The number of hydrogen-bond donors (Lipinski definition) is 1. The number of likely N-dealkylation sites (N-methyl/N-ethyl adjacent to an activating group) is 1. The number of aryl methyl sites for hydroxylation is 1. The van der Waals surface area contributed by atoms with Crippen LogP contribution in [0.3, 0.4) is 0 Å². The molecular formula is C24H28N2O5. The molecule has 31 heavy (non-hydrogen) atoms. The van der Waals surface area contributed by atoms with Gasteiger partial charge in [0.05, 0.1) is 25.8 Å². The molecule has 164 valence electrons. The van der Waals surface area contributed by atoms with Crippen molar-refractivity contribution in [2.24, 2.45) is 0 Å². The van der Waals surface area contributed by atoms with E-state index in [0.717, 1.165) is 5.56 Å². The van der Waals surface area contributed by atoms with Gasteiger partial charge in [-0.3, -0.25) is 9.59 Å². The average Bonchev–Trinajstić information content (AvgIpc) is 3.01. The Morgan fingerprint density at radius 3 is 2.32 bits per heavy atom. The molecule has 0 spiro atoms. The van der Waals surface area contributed by atoms with Crippen molar-refractivity contribution in [3.63, 3.8) is 0 Å². The lowest BCUT2D eigenvalue weighted by Gasteiger charge is -2.28. The van der Waals surface area contributed by atoms with Gasteiger partial charge in [0.1, 0.15) is 17.3 Å². The predicted octanol–water partition coefficient (Wildman–Crippen LogP) is 3.00. The lowest BCUT2D eigenvalue weighted by atomic mass is 9.94. The van der Waals surface area contributed by atoms with Crippen LogP contribution >= 0.6 is 0 Å². The van der Waals surface area contributed by atoms with E-state index in [1.807, 2.05) is 38.1 Å². The number of aliphatic hydroxyl groups excluding tert-OH is 1. The molecule has 1 saturated heterocycles. The number of hydrogen-bond acceptors (Lipinski definition) is 6. The van der Waals surface area contributed by atoms with Gasteiger partial charge in [-0.25, -0.2) is 0 Å². The number of amides is 1.